The summed E-state index contributed by atoms with van der Waals surface area (Å²) in [5.74, 6) is -1.63. The average Bonchev–Trinajstić information content (AvgIpc) is 2.69. The van der Waals surface area contributed by atoms with Gasteiger partial charge >= 0.3 is 5.97 Å². The summed E-state index contributed by atoms with van der Waals surface area (Å²) in [6.45, 7) is 3.69. The van der Waals surface area contributed by atoms with Gasteiger partial charge in [0.05, 0.1) is 11.3 Å². The number of carboxylic acid groups (broad SMARTS) is 1. The van der Waals surface area contributed by atoms with Crippen LogP contribution in [0.3, 0.4) is 0 Å². The Bertz CT molecular complexity index is 874. The third-order valence-electron chi connectivity index (χ3n) is 3.86. The van der Waals surface area contributed by atoms with Crippen molar-refractivity contribution in [1.29, 1.82) is 5.41 Å². The van der Waals surface area contributed by atoms with E-state index in [2.05, 4.69) is 0 Å². The number of benzene rings is 2. The maximum atomic E-state index is 12.1. The molecule has 6 N–H and O–H groups in total. The van der Waals surface area contributed by atoms with Crippen LogP contribution >= 0.6 is 11.8 Å². The highest BCUT2D eigenvalue weighted by Crippen LogP contribution is 2.19. The van der Waals surface area contributed by atoms with Crippen molar-refractivity contribution in [3.63, 3.8) is 0 Å². The number of carbonyl (C=O) groups excluding carboxylic acids is 2. The van der Waals surface area contributed by atoms with Crippen molar-refractivity contribution in [3.05, 3.63) is 65.7 Å². The lowest BCUT2D eigenvalue weighted by atomic mass is 10.1. The molecule has 2 amide bonds. The molecular formula is C21H26N4O4S. The van der Waals surface area contributed by atoms with E-state index < -0.39 is 11.9 Å². The molecule has 0 spiro atoms. The number of imide groups is 1. The average molecular weight is 431 g/mol. The minimum Gasteiger partial charge on any atom is -0.478 e. The van der Waals surface area contributed by atoms with Crippen molar-refractivity contribution < 1.29 is 19.5 Å². The zero-order chi connectivity index (χ0) is 22.7. The first-order chi connectivity index (χ1) is 14.1. The summed E-state index contributed by atoms with van der Waals surface area (Å²) in [4.78, 5) is 34.9. The lowest BCUT2D eigenvalue weighted by molar-refractivity contribution is -0.121. The molecule has 2 aromatic rings. The van der Waals surface area contributed by atoms with Crippen molar-refractivity contribution in [3.8, 4) is 0 Å². The number of amidine groups is 1. The summed E-state index contributed by atoms with van der Waals surface area (Å²) in [6, 6.07) is 15.8. The van der Waals surface area contributed by atoms with Crippen LogP contribution in [0, 0.1) is 5.41 Å². The molecular weight excluding hydrogens is 404 g/mol. The van der Waals surface area contributed by atoms with E-state index in [1.165, 1.54) is 29.8 Å². The molecule has 160 valence electrons. The number of amides is 2. The number of nitrogens with two attached hydrogens (primary N) is 2. The predicted octanol–water partition coefficient (Wildman–Crippen LogP) is 2.99. The number of hydrogen-bond acceptors (Lipinski definition) is 6. The van der Waals surface area contributed by atoms with E-state index in [9.17, 15) is 14.4 Å². The third kappa shape index (κ3) is 8.46. The molecule has 0 saturated heterocycles. The number of carbonyl (C=O) groups is 3. The van der Waals surface area contributed by atoms with Crippen molar-refractivity contribution >= 4 is 40.9 Å². The Kier molecular flexibility index (Phi) is 10.3. The van der Waals surface area contributed by atoms with Crippen molar-refractivity contribution in [2.24, 2.45) is 11.5 Å². The van der Waals surface area contributed by atoms with Gasteiger partial charge in [0.15, 0.2) is 5.17 Å². The van der Waals surface area contributed by atoms with Gasteiger partial charge in [0.1, 0.15) is 0 Å². The van der Waals surface area contributed by atoms with Crippen LogP contribution in [0.5, 0.6) is 0 Å². The molecule has 0 bridgehead atoms. The smallest absolute Gasteiger partial charge is 0.335 e. The van der Waals surface area contributed by atoms with Gasteiger partial charge in [0, 0.05) is 17.7 Å². The van der Waals surface area contributed by atoms with E-state index in [1.807, 2.05) is 37.3 Å². The maximum Gasteiger partial charge on any atom is 0.335 e. The van der Waals surface area contributed by atoms with Crippen LogP contribution in [-0.2, 0) is 9.59 Å². The Hall–Kier alpha value is -3.17. The molecule has 2 aromatic carbocycles. The first-order valence-corrected chi connectivity index (χ1v) is 9.95. The molecule has 30 heavy (non-hydrogen) atoms. The first kappa shape index (κ1) is 24.9. The van der Waals surface area contributed by atoms with Crippen LogP contribution in [0.4, 0.5) is 5.69 Å². The van der Waals surface area contributed by atoms with E-state index >= 15 is 0 Å². The number of carboxylic acids is 1. The fraction of sp³-hybridized carbons (Fsp3) is 0.238. The van der Waals surface area contributed by atoms with Gasteiger partial charge in [0.2, 0.25) is 12.3 Å². The van der Waals surface area contributed by atoms with Gasteiger partial charge in [-0.05, 0) is 30.7 Å². The molecule has 2 unspecified atom stereocenters. The monoisotopic (exact) mass is 430 g/mol. The van der Waals surface area contributed by atoms with Crippen LogP contribution in [0.2, 0.25) is 0 Å². The Morgan fingerprint density at radius 1 is 1.17 bits per heavy atom. The number of thioether (sulfide) groups is 1. The number of nitrogens with zero attached hydrogens (tertiary/aromatic N) is 1. The molecule has 0 saturated carbocycles. The van der Waals surface area contributed by atoms with Gasteiger partial charge in [-0.25, -0.2) is 4.79 Å². The Balaban J connectivity index is 0.000000414. The number of nitrogens with one attached hydrogen (secondary N) is 1. The summed E-state index contributed by atoms with van der Waals surface area (Å²) in [5.41, 5.74) is 12.2. The quantitative estimate of drug-likeness (QED) is 0.299. The van der Waals surface area contributed by atoms with E-state index in [0.717, 1.165) is 16.7 Å². The molecule has 0 aliphatic rings. The molecule has 8 nitrogen and oxygen atoms in total. The fourth-order valence-corrected chi connectivity index (χ4v) is 3.07. The van der Waals surface area contributed by atoms with Crippen molar-refractivity contribution in [2.45, 2.75) is 31.6 Å². The molecule has 0 heterocycles. The standard InChI is InChI=1S/C13H15N3O4S.C8H11N/c1-8(21-13(14)15)5-11(18)16(7-17)10-4-2-3-9(6-10)12(19)20;1-7(9)8-5-3-2-4-6-8/h2-4,6-8H,5H2,1H3,(H3,14,15)(H,19,20);2-7H,9H2,1H3. The largest absolute Gasteiger partial charge is 0.478 e. The van der Waals surface area contributed by atoms with Gasteiger partial charge in [-0.2, -0.15) is 0 Å². The normalized spacial score (nSPS) is 12.0. The first-order valence-electron chi connectivity index (χ1n) is 9.07. The summed E-state index contributed by atoms with van der Waals surface area (Å²) in [5, 5.41) is 15.7. The molecule has 0 radical (unpaired) electrons. The molecule has 2 rings (SSSR count). The second kappa shape index (κ2) is 12.4. The van der Waals surface area contributed by atoms with Crippen LogP contribution in [0.1, 0.15) is 42.2 Å². The van der Waals surface area contributed by atoms with E-state index in [-0.39, 0.29) is 34.1 Å². The molecule has 2 atom stereocenters. The third-order valence-corrected chi connectivity index (χ3v) is 4.68. The van der Waals surface area contributed by atoms with Crippen molar-refractivity contribution in [1.82, 2.24) is 0 Å². The molecule has 0 fully saturated rings. The second-order valence-electron chi connectivity index (χ2n) is 6.42. The number of rotatable bonds is 7. The van der Waals surface area contributed by atoms with Gasteiger partial charge in [-0.1, -0.05) is 55.1 Å². The Morgan fingerprint density at radius 3 is 2.27 bits per heavy atom. The van der Waals surface area contributed by atoms with Crippen molar-refractivity contribution in [2.75, 3.05) is 4.90 Å². The summed E-state index contributed by atoms with van der Waals surface area (Å²) in [6.07, 6.45) is 0.342. The SMILES string of the molecule is CC(CC(=O)N(C=O)c1cccc(C(=O)O)c1)SC(=N)N.CC(N)c1ccccc1. The van der Waals surface area contributed by atoms with E-state index in [4.69, 9.17) is 22.0 Å². The molecule has 0 aliphatic heterocycles. The van der Waals surface area contributed by atoms with Gasteiger partial charge in [-0.15, -0.1) is 0 Å². The van der Waals surface area contributed by atoms with Crippen LogP contribution in [0.25, 0.3) is 0 Å². The number of aromatic carboxylic acids is 1. The van der Waals surface area contributed by atoms with Gasteiger partial charge < -0.3 is 16.6 Å². The minimum absolute atomic E-state index is 0.000283. The zero-order valence-corrected chi connectivity index (χ0v) is 17.6. The summed E-state index contributed by atoms with van der Waals surface area (Å²) in [7, 11) is 0. The van der Waals surface area contributed by atoms with Gasteiger partial charge in [-0.3, -0.25) is 19.9 Å². The Morgan fingerprint density at radius 2 is 1.80 bits per heavy atom. The lowest BCUT2D eigenvalue weighted by Gasteiger charge is -2.18. The topological polar surface area (TPSA) is 151 Å². The molecule has 0 aliphatic carbocycles. The van der Waals surface area contributed by atoms with Crippen LogP contribution < -0.4 is 16.4 Å². The minimum atomic E-state index is -1.14. The highest BCUT2D eigenvalue weighted by atomic mass is 32.2. The number of hydrogen-bond donors (Lipinski definition) is 4. The molecule has 9 heteroatoms. The summed E-state index contributed by atoms with van der Waals surface area (Å²) < 4.78 is 0. The second-order valence-corrected chi connectivity index (χ2v) is 7.90. The number of anilines is 1. The lowest BCUT2D eigenvalue weighted by Crippen LogP contribution is -2.31. The fourth-order valence-electron chi connectivity index (χ4n) is 2.41. The van der Waals surface area contributed by atoms with E-state index in [0.29, 0.717) is 6.41 Å². The van der Waals surface area contributed by atoms with Crippen LogP contribution in [-0.4, -0.2) is 33.8 Å². The van der Waals surface area contributed by atoms with Crippen LogP contribution in [0.15, 0.2) is 54.6 Å². The highest BCUT2D eigenvalue weighted by molar-refractivity contribution is 8.14. The maximum absolute atomic E-state index is 12.1. The van der Waals surface area contributed by atoms with Gasteiger partial charge in [0.25, 0.3) is 0 Å². The highest BCUT2D eigenvalue weighted by Gasteiger charge is 2.19. The zero-order valence-electron chi connectivity index (χ0n) is 16.8. The molecule has 0 aromatic heterocycles. The summed E-state index contributed by atoms with van der Waals surface area (Å²) >= 11 is 1.02. The Labute approximate surface area is 179 Å². The predicted molar refractivity (Wildman–Crippen MR) is 120 cm³/mol. The van der Waals surface area contributed by atoms with E-state index in [1.54, 1.807) is 6.92 Å².